The van der Waals surface area contributed by atoms with Crippen molar-refractivity contribution >= 4 is 17.3 Å². The molecule has 0 aliphatic heterocycles. The molecule has 0 aliphatic carbocycles. The third-order valence-electron chi connectivity index (χ3n) is 2.53. The van der Waals surface area contributed by atoms with Crippen LogP contribution in [0.3, 0.4) is 0 Å². The van der Waals surface area contributed by atoms with Gasteiger partial charge in [0.2, 0.25) is 0 Å². The highest BCUT2D eigenvalue weighted by atomic mass is 35.5. The Morgan fingerprint density at radius 1 is 1.33 bits per heavy atom. The maximum Gasteiger partial charge on any atom is 0.152 e. The predicted octanol–water partition coefficient (Wildman–Crippen LogP) is 2.19. The quantitative estimate of drug-likeness (QED) is 0.871. The van der Waals surface area contributed by atoms with Crippen LogP contribution in [0.2, 0.25) is 5.02 Å². The molecular weight excluding hydrogens is 252 g/mol. The summed E-state index contributed by atoms with van der Waals surface area (Å²) in [5, 5.41) is 12.0. The van der Waals surface area contributed by atoms with Crippen molar-refractivity contribution in [3.63, 3.8) is 0 Å². The van der Waals surface area contributed by atoms with Gasteiger partial charge in [0.05, 0.1) is 13.2 Å². The zero-order valence-corrected chi connectivity index (χ0v) is 10.9. The number of hydrogen-bond acceptors (Lipinski definition) is 4. The molecule has 0 spiro atoms. The molecule has 0 saturated carbocycles. The van der Waals surface area contributed by atoms with Crippen LogP contribution >= 0.6 is 11.6 Å². The average Bonchev–Trinajstić information content (AvgIpc) is 2.83. The fourth-order valence-electron chi connectivity index (χ4n) is 1.54. The van der Waals surface area contributed by atoms with Crippen LogP contribution < -0.4 is 5.32 Å². The second kappa shape index (κ2) is 6.37. The molecule has 0 bridgehead atoms. The van der Waals surface area contributed by atoms with E-state index in [1.807, 2.05) is 28.8 Å². The first kappa shape index (κ1) is 12.9. The summed E-state index contributed by atoms with van der Waals surface area (Å²) in [6.45, 7) is 2.01. The Hall–Kier alpha value is -1.59. The lowest BCUT2D eigenvalue weighted by atomic mass is 10.3. The molecule has 0 unspecified atom stereocenters. The molecule has 0 aliphatic rings. The number of halogens is 1. The normalized spacial score (nSPS) is 10.6. The maximum absolute atomic E-state index is 5.83. The molecule has 96 valence electrons. The van der Waals surface area contributed by atoms with Crippen LogP contribution in [0.4, 0.5) is 5.69 Å². The van der Waals surface area contributed by atoms with Gasteiger partial charge in [0.1, 0.15) is 6.33 Å². The van der Waals surface area contributed by atoms with Gasteiger partial charge >= 0.3 is 0 Å². The van der Waals surface area contributed by atoms with E-state index in [9.17, 15) is 0 Å². The third-order valence-corrected chi connectivity index (χ3v) is 2.78. The number of ether oxygens (including phenoxy) is 1. The molecule has 1 heterocycles. The Balaban J connectivity index is 1.93. The number of nitrogens with one attached hydrogen (secondary N) is 1. The van der Waals surface area contributed by atoms with Crippen LogP contribution in [-0.2, 0) is 17.8 Å². The number of benzene rings is 1. The molecule has 0 atom stereocenters. The molecule has 6 heteroatoms. The molecule has 1 N–H and O–H groups in total. The van der Waals surface area contributed by atoms with Crippen molar-refractivity contribution < 1.29 is 4.74 Å². The Morgan fingerprint density at radius 2 is 2.11 bits per heavy atom. The van der Waals surface area contributed by atoms with Gasteiger partial charge < -0.3 is 14.6 Å². The highest BCUT2D eigenvalue weighted by Gasteiger charge is 2.03. The van der Waals surface area contributed by atoms with E-state index in [2.05, 4.69) is 15.5 Å². The summed E-state index contributed by atoms with van der Waals surface area (Å²) in [4.78, 5) is 0. The molecule has 2 aromatic rings. The van der Waals surface area contributed by atoms with Crippen LogP contribution in [0.25, 0.3) is 0 Å². The van der Waals surface area contributed by atoms with E-state index >= 15 is 0 Å². The third kappa shape index (κ3) is 3.45. The predicted molar refractivity (Wildman–Crippen MR) is 70.7 cm³/mol. The fourth-order valence-corrected chi connectivity index (χ4v) is 1.67. The van der Waals surface area contributed by atoms with Crippen LogP contribution in [0.1, 0.15) is 5.82 Å². The van der Waals surface area contributed by atoms with Gasteiger partial charge in [-0.05, 0) is 24.3 Å². The number of nitrogens with zero attached hydrogens (tertiary/aromatic N) is 3. The molecule has 0 fully saturated rings. The fraction of sp³-hybridized carbons (Fsp3) is 0.333. The highest BCUT2D eigenvalue weighted by molar-refractivity contribution is 6.30. The van der Waals surface area contributed by atoms with Crippen LogP contribution in [0.5, 0.6) is 0 Å². The lowest BCUT2D eigenvalue weighted by Crippen LogP contribution is -2.11. The molecule has 0 radical (unpaired) electrons. The highest BCUT2D eigenvalue weighted by Crippen LogP contribution is 2.13. The molecular formula is C12H15ClN4O. The van der Waals surface area contributed by atoms with E-state index in [1.165, 1.54) is 0 Å². The molecule has 18 heavy (non-hydrogen) atoms. The molecule has 1 aromatic heterocycles. The Labute approximate surface area is 111 Å². The van der Waals surface area contributed by atoms with Gasteiger partial charge in [-0.3, -0.25) is 0 Å². The van der Waals surface area contributed by atoms with Crippen molar-refractivity contribution in [1.29, 1.82) is 0 Å². The van der Waals surface area contributed by atoms with Crippen LogP contribution in [0, 0.1) is 0 Å². The maximum atomic E-state index is 5.83. The van der Waals surface area contributed by atoms with E-state index in [-0.39, 0.29) is 0 Å². The van der Waals surface area contributed by atoms with Crippen LogP contribution in [0.15, 0.2) is 30.6 Å². The summed E-state index contributed by atoms with van der Waals surface area (Å²) >= 11 is 5.83. The van der Waals surface area contributed by atoms with E-state index in [1.54, 1.807) is 13.4 Å². The number of methoxy groups -OCH3 is 1. The summed E-state index contributed by atoms with van der Waals surface area (Å²) in [6.07, 6.45) is 1.71. The van der Waals surface area contributed by atoms with Gasteiger partial charge in [-0.2, -0.15) is 0 Å². The van der Waals surface area contributed by atoms with Gasteiger partial charge in [0.15, 0.2) is 5.82 Å². The monoisotopic (exact) mass is 266 g/mol. The SMILES string of the molecule is COCCn1cnnc1CNc1ccc(Cl)cc1. The Morgan fingerprint density at radius 3 is 2.83 bits per heavy atom. The van der Waals surface area contributed by atoms with Gasteiger partial charge in [0, 0.05) is 24.4 Å². The van der Waals surface area contributed by atoms with Crippen molar-refractivity contribution in [3.8, 4) is 0 Å². The lowest BCUT2D eigenvalue weighted by molar-refractivity contribution is 0.186. The Kier molecular flexibility index (Phi) is 4.55. The zero-order chi connectivity index (χ0) is 12.8. The summed E-state index contributed by atoms with van der Waals surface area (Å²) < 4.78 is 7.00. The topological polar surface area (TPSA) is 52.0 Å². The van der Waals surface area contributed by atoms with Crippen molar-refractivity contribution in [2.45, 2.75) is 13.1 Å². The second-order valence-corrected chi connectivity index (χ2v) is 4.23. The number of rotatable bonds is 6. The minimum atomic E-state index is 0.616. The van der Waals surface area contributed by atoms with Crippen molar-refractivity contribution in [1.82, 2.24) is 14.8 Å². The summed E-state index contributed by atoms with van der Waals surface area (Å²) in [6, 6.07) is 7.55. The van der Waals surface area contributed by atoms with Crippen molar-refractivity contribution in [2.24, 2.45) is 0 Å². The summed E-state index contributed by atoms with van der Waals surface area (Å²) in [7, 11) is 1.68. The molecule has 0 amide bonds. The number of hydrogen-bond donors (Lipinski definition) is 1. The van der Waals surface area contributed by atoms with Gasteiger partial charge in [-0.25, -0.2) is 0 Å². The first-order valence-corrected chi connectivity index (χ1v) is 6.02. The van der Waals surface area contributed by atoms with Crippen LogP contribution in [-0.4, -0.2) is 28.5 Å². The van der Waals surface area contributed by atoms with E-state index in [0.29, 0.717) is 13.2 Å². The van der Waals surface area contributed by atoms with Gasteiger partial charge in [-0.1, -0.05) is 11.6 Å². The van der Waals surface area contributed by atoms with Gasteiger partial charge in [-0.15, -0.1) is 10.2 Å². The first-order chi connectivity index (χ1) is 8.79. The molecule has 1 aromatic carbocycles. The summed E-state index contributed by atoms with van der Waals surface area (Å²) in [5.41, 5.74) is 1.00. The average molecular weight is 267 g/mol. The number of aromatic nitrogens is 3. The standard InChI is InChI=1S/C12H15ClN4O/c1-18-7-6-17-9-15-16-12(17)8-14-11-4-2-10(13)3-5-11/h2-5,9,14H,6-8H2,1H3. The smallest absolute Gasteiger partial charge is 0.152 e. The van der Waals surface area contributed by atoms with E-state index in [4.69, 9.17) is 16.3 Å². The minimum Gasteiger partial charge on any atom is -0.383 e. The van der Waals surface area contributed by atoms with E-state index < -0.39 is 0 Å². The number of anilines is 1. The lowest BCUT2D eigenvalue weighted by Gasteiger charge is -2.08. The molecule has 2 rings (SSSR count). The van der Waals surface area contributed by atoms with Crippen molar-refractivity contribution in [3.05, 3.63) is 41.4 Å². The largest absolute Gasteiger partial charge is 0.383 e. The van der Waals surface area contributed by atoms with E-state index in [0.717, 1.165) is 23.1 Å². The molecule has 0 saturated heterocycles. The first-order valence-electron chi connectivity index (χ1n) is 5.64. The van der Waals surface area contributed by atoms with Crippen molar-refractivity contribution in [2.75, 3.05) is 19.0 Å². The summed E-state index contributed by atoms with van der Waals surface area (Å²) in [5.74, 6) is 0.877. The molecule has 5 nitrogen and oxygen atoms in total. The second-order valence-electron chi connectivity index (χ2n) is 3.79. The Bertz CT molecular complexity index is 483. The van der Waals surface area contributed by atoms with Gasteiger partial charge in [0.25, 0.3) is 0 Å². The zero-order valence-electron chi connectivity index (χ0n) is 10.1. The minimum absolute atomic E-state index is 0.616.